The first-order valence-corrected chi connectivity index (χ1v) is 16.8. The summed E-state index contributed by atoms with van der Waals surface area (Å²) in [5, 5.41) is 8.65. The minimum atomic E-state index is -0.455. The van der Waals surface area contributed by atoms with Gasteiger partial charge in [-0.3, -0.25) is 0 Å². The average molecular weight is 698 g/mol. The first-order valence-electron chi connectivity index (χ1n) is 16.5. The molecule has 5 rings (SSSR count). The molecule has 0 amide bonds. The molecule has 3 aromatic heterocycles. The van der Waals surface area contributed by atoms with Crippen LogP contribution in [-0.2, 0) is 18.9 Å². The normalized spacial score (nSPS) is 16.7. The zero-order chi connectivity index (χ0) is 34.6. The lowest BCUT2D eigenvalue weighted by Gasteiger charge is -2.28. The maximum Gasteiger partial charge on any atom is 0.213 e. The highest BCUT2D eigenvalue weighted by Crippen LogP contribution is 2.33. The molecule has 0 saturated heterocycles. The number of halogens is 2. The Morgan fingerprint density at radius 3 is 2.37 bits per heavy atom. The molecular formula is C35H45ClFN7O5. The first kappa shape index (κ1) is 36.4. The van der Waals surface area contributed by atoms with Crippen LogP contribution in [0.3, 0.4) is 0 Å². The number of nitrogens with zero attached hydrogens (tertiary/aromatic N) is 4. The van der Waals surface area contributed by atoms with Crippen LogP contribution < -0.4 is 21.5 Å². The van der Waals surface area contributed by atoms with Gasteiger partial charge in [-0.15, -0.1) is 0 Å². The SMILES string of the molecule is COCCOCCOCCOCCOc1cc(C)c(-c2cc3c(N[C@H]4CC[C@H](N)CC4)c(C(N)=Nc4cc(F)ccc4Cl)cnn3c2)cn1. The number of amidine groups is 1. The molecular weight excluding hydrogens is 653 g/mol. The van der Waals surface area contributed by atoms with E-state index in [1.165, 1.54) is 18.2 Å². The lowest BCUT2D eigenvalue weighted by Crippen LogP contribution is -2.33. The number of fused-ring (bicyclic) bond motifs is 1. The molecule has 12 nitrogen and oxygen atoms in total. The minimum Gasteiger partial charge on any atom is -0.475 e. The highest BCUT2D eigenvalue weighted by Gasteiger charge is 2.23. The van der Waals surface area contributed by atoms with Gasteiger partial charge in [0.2, 0.25) is 5.88 Å². The molecule has 0 radical (unpaired) electrons. The first-order chi connectivity index (χ1) is 23.8. The van der Waals surface area contributed by atoms with Crippen molar-refractivity contribution in [2.45, 2.75) is 44.7 Å². The second-order valence-electron chi connectivity index (χ2n) is 11.9. The summed E-state index contributed by atoms with van der Waals surface area (Å²) in [5.74, 6) is 0.222. The Morgan fingerprint density at radius 2 is 1.67 bits per heavy atom. The standard InChI is InChI=1S/C35H45ClFN7O5/c1-23-17-33(49-16-15-48-14-13-47-12-11-46-10-9-45-2)40-20-28(23)24-18-32-34(42-27-6-4-26(38)5-7-27)29(21-41-44(32)22-24)35(39)43-31-19-25(37)3-8-30(31)36/h3,8,17-22,26-27,42H,4-7,9-16,38H2,1-2H3,(H2,39,43)/t26-,27-. The molecule has 1 aromatic carbocycles. The van der Waals surface area contributed by atoms with Gasteiger partial charge in [0.05, 0.1) is 79.9 Å². The molecule has 0 unspecified atom stereocenters. The summed E-state index contributed by atoms with van der Waals surface area (Å²) < 4.78 is 43.0. The number of benzene rings is 1. The Balaban J connectivity index is 1.26. The molecule has 4 aromatic rings. The highest BCUT2D eigenvalue weighted by molar-refractivity contribution is 6.33. The zero-order valence-corrected chi connectivity index (χ0v) is 28.8. The molecule has 0 spiro atoms. The third-order valence-corrected chi connectivity index (χ3v) is 8.55. The second-order valence-corrected chi connectivity index (χ2v) is 12.3. The van der Waals surface area contributed by atoms with Crippen LogP contribution in [0.5, 0.6) is 5.88 Å². The summed E-state index contributed by atoms with van der Waals surface area (Å²) in [7, 11) is 1.64. The molecule has 0 aliphatic heterocycles. The number of aromatic nitrogens is 3. The molecule has 264 valence electrons. The maximum absolute atomic E-state index is 14.0. The smallest absolute Gasteiger partial charge is 0.213 e. The highest BCUT2D eigenvalue weighted by atomic mass is 35.5. The molecule has 1 aliphatic rings. The molecule has 1 fully saturated rings. The number of ether oxygens (including phenoxy) is 5. The number of aliphatic imine (C=N–C) groups is 1. The lowest BCUT2D eigenvalue weighted by atomic mass is 9.91. The number of hydrogen-bond acceptors (Lipinski definition) is 10. The molecule has 0 atom stereocenters. The van der Waals surface area contributed by atoms with E-state index in [4.69, 9.17) is 46.8 Å². The van der Waals surface area contributed by atoms with Gasteiger partial charge in [-0.05, 0) is 56.4 Å². The summed E-state index contributed by atoms with van der Waals surface area (Å²) in [6.07, 6.45) is 9.09. The summed E-state index contributed by atoms with van der Waals surface area (Å²) in [4.78, 5) is 9.02. The predicted octanol–water partition coefficient (Wildman–Crippen LogP) is 5.29. The van der Waals surface area contributed by atoms with Crippen LogP contribution in [0.2, 0.25) is 5.02 Å². The van der Waals surface area contributed by atoms with E-state index < -0.39 is 5.82 Å². The molecule has 14 heteroatoms. The zero-order valence-electron chi connectivity index (χ0n) is 28.0. The minimum absolute atomic E-state index is 0.166. The van der Waals surface area contributed by atoms with E-state index in [1.54, 1.807) is 24.0 Å². The van der Waals surface area contributed by atoms with Crippen molar-refractivity contribution in [3.63, 3.8) is 0 Å². The Bertz CT molecular complexity index is 1700. The quantitative estimate of drug-likeness (QED) is 0.0710. The summed E-state index contributed by atoms with van der Waals surface area (Å²) >= 11 is 6.30. The van der Waals surface area contributed by atoms with Gasteiger partial charge in [0.1, 0.15) is 18.3 Å². The number of methoxy groups -OCH3 is 1. The van der Waals surface area contributed by atoms with Crippen molar-refractivity contribution < 1.29 is 28.1 Å². The van der Waals surface area contributed by atoms with E-state index in [-0.39, 0.29) is 23.6 Å². The van der Waals surface area contributed by atoms with E-state index in [0.29, 0.717) is 69.3 Å². The van der Waals surface area contributed by atoms with E-state index >= 15 is 0 Å². The van der Waals surface area contributed by atoms with E-state index in [9.17, 15) is 4.39 Å². The Kier molecular flexibility index (Phi) is 13.6. The number of rotatable bonds is 18. The number of nitrogens with one attached hydrogen (secondary N) is 1. The average Bonchev–Trinajstić information content (AvgIpc) is 3.52. The van der Waals surface area contributed by atoms with Crippen LogP contribution in [0, 0.1) is 12.7 Å². The van der Waals surface area contributed by atoms with Gasteiger partial charge < -0.3 is 40.5 Å². The van der Waals surface area contributed by atoms with Gasteiger partial charge in [-0.2, -0.15) is 5.10 Å². The van der Waals surface area contributed by atoms with Crippen LogP contribution >= 0.6 is 11.6 Å². The number of hydrogen-bond donors (Lipinski definition) is 3. The van der Waals surface area contributed by atoms with Gasteiger partial charge in [0.25, 0.3) is 0 Å². The van der Waals surface area contributed by atoms with Crippen LogP contribution in [0.1, 0.15) is 36.8 Å². The molecule has 5 N–H and O–H groups in total. The fraction of sp³-hybridized carbons (Fsp3) is 0.457. The van der Waals surface area contributed by atoms with Crippen molar-refractivity contribution in [3.8, 4) is 17.0 Å². The molecule has 0 bridgehead atoms. The summed E-state index contributed by atoms with van der Waals surface area (Å²) in [6, 6.07) is 8.33. The van der Waals surface area contributed by atoms with Crippen LogP contribution in [-0.4, -0.2) is 92.5 Å². The number of pyridine rings is 1. The molecule has 1 saturated carbocycles. The van der Waals surface area contributed by atoms with Crippen molar-refractivity contribution in [1.82, 2.24) is 14.6 Å². The number of anilines is 1. The van der Waals surface area contributed by atoms with E-state index in [1.807, 2.05) is 25.3 Å². The van der Waals surface area contributed by atoms with Crippen molar-refractivity contribution >= 4 is 34.3 Å². The fourth-order valence-corrected chi connectivity index (χ4v) is 5.74. The second kappa shape index (κ2) is 18.2. The third kappa shape index (κ3) is 10.3. The molecule has 49 heavy (non-hydrogen) atoms. The van der Waals surface area contributed by atoms with Gasteiger partial charge in [-0.25, -0.2) is 18.9 Å². The van der Waals surface area contributed by atoms with Gasteiger partial charge in [-0.1, -0.05) is 11.6 Å². The Morgan fingerprint density at radius 1 is 0.980 bits per heavy atom. The van der Waals surface area contributed by atoms with Crippen molar-refractivity contribution in [2.75, 3.05) is 65.3 Å². The number of aryl methyl sites for hydroxylation is 1. The van der Waals surface area contributed by atoms with Crippen LogP contribution in [0.15, 0.2) is 53.9 Å². The molecule has 3 heterocycles. The monoisotopic (exact) mass is 697 g/mol. The van der Waals surface area contributed by atoms with Crippen LogP contribution in [0.25, 0.3) is 16.6 Å². The summed E-state index contributed by atoms with van der Waals surface area (Å²) in [5.41, 5.74) is 18.0. The lowest BCUT2D eigenvalue weighted by molar-refractivity contribution is 0.00000309. The van der Waals surface area contributed by atoms with Gasteiger partial charge >= 0.3 is 0 Å². The predicted molar refractivity (Wildman–Crippen MR) is 189 cm³/mol. The fourth-order valence-electron chi connectivity index (χ4n) is 5.58. The van der Waals surface area contributed by atoms with Crippen LogP contribution in [0.4, 0.5) is 15.8 Å². The number of nitrogens with two attached hydrogens (primary N) is 2. The van der Waals surface area contributed by atoms with Crippen molar-refractivity contribution in [1.29, 1.82) is 0 Å². The van der Waals surface area contributed by atoms with Gasteiger partial charge in [0, 0.05) is 54.8 Å². The summed E-state index contributed by atoms with van der Waals surface area (Å²) in [6.45, 7) is 5.89. The molecule has 1 aliphatic carbocycles. The van der Waals surface area contributed by atoms with Gasteiger partial charge in [0.15, 0.2) is 0 Å². The van der Waals surface area contributed by atoms with E-state index in [0.717, 1.165) is 53.6 Å². The largest absolute Gasteiger partial charge is 0.475 e. The van der Waals surface area contributed by atoms with Crippen molar-refractivity contribution in [2.24, 2.45) is 16.5 Å². The Hall–Kier alpha value is -3.85. The van der Waals surface area contributed by atoms with Crippen molar-refractivity contribution in [3.05, 3.63) is 70.9 Å². The maximum atomic E-state index is 14.0. The Labute approximate surface area is 290 Å². The third-order valence-electron chi connectivity index (χ3n) is 8.23. The van der Waals surface area contributed by atoms with E-state index in [2.05, 4.69) is 20.4 Å². The topological polar surface area (TPSA) is 153 Å².